The highest BCUT2D eigenvalue weighted by Crippen LogP contribution is 2.44. The van der Waals surface area contributed by atoms with Gasteiger partial charge in [0, 0.05) is 69.5 Å². The van der Waals surface area contributed by atoms with Crippen molar-refractivity contribution in [2.24, 2.45) is 0 Å². The Hall–Kier alpha value is -8.19. The third-order valence-corrected chi connectivity index (χ3v) is 12.9. The summed E-state index contributed by atoms with van der Waals surface area (Å²) in [5.74, 6) is 1.80. The first kappa shape index (κ1) is 29.9. The molecule has 0 atom stereocenters. The van der Waals surface area contributed by atoms with E-state index >= 15 is 0 Å². The Kier molecular flexibility index (Phi) is 6.75. The normalized spacial score (nSPS) is 13.1. The standard InChI is InChI=1S/C57H34N4OS/c1-3-14-35(15-4-1)55-58-56(36-16-5-2-6-17-36)60-57(59-55)39-27-30-44-43-29-26-38(33-52(43)63-53(44)34-39)37-28-31-50(61-48-23-10-7-18-40(48)41-19-8-11-24-49(41)61)47(32-37)46-22-13-21-45-42-20-9-12-25-51(42)62-54(45)46/h1-34H/i7D,8D,18D,19D,23D,24D. The van der Waals surface area contributed by atoms with E-state index < -0.39 is 0 Å². The highest BCUT2D eigenvalue weighted by atomic mass is 32.1. The molecule has 9 aromatic carbocycles. The number of aromatic nitrogens is 4. The lowest BCUT2D eigenvalue weighted by atomic mass is 9.95. The molecule has 4 aromatic heterocycles. The summed E-state index contributed by atoms with van der Waals surface area (Å²) < 4.78 is 64.3. The van der Waals surface area contributed by atoms with Crippen LogP contribution in [0.25, 0.3) is 126 Å². The average Bonchev–Trinajstić information content (AvgIpc) is 4.08. The van der Waals surface area contributed by atoms with Crippen molar-refractivity contribution in [3.8, 4) is 62.1 Å². The smallest absolute Gasteiger partial charge is 0.164 e. The monoisotopic (exact) mass is 828 g/mol. The van der Waals surface area contributed by atoms with E-state index in [1.165, 1.54) is 12.1 Å². The third-order valence-electron chi connectivity index (χ3n) is 11.8. The predicted octanol–water partition coefficient (Wildman–Crippen LogP) is 15.6. The summed E-state index contributed by atoms with van der Waals surface area (Å²) in [6, 6.07) is 54.8. The van der Waals surface area contributed by atoms with Crippen LogP contribution in [0.5, 0.6) is 0 Å². The molecule has 5 nitrogen and oxygen atoms in total. The highest BCUT2D eigenvalue weighted by molar-refractivity contribution is 7.25. The number of rotatable bonds is 6. The number of furan rings is 1. The number of para-hydroxylation sites is 4. The lowest BCUT2D eigenvalue weighted by Gasteiger charge is -2.16. The Bertz CT molecular complexity index is 4150. The Balaban J connectivity index is 1.00. The summed E-state index contributed by atoms with van der Waals surface area (Å²) in [4.78, 5) is 14.8. The number of nitrogens with zero attached hydrogens (tertiary/aromatic N) is 4. The highest BCUT2D eigenvalue weighted by Gasteiger charge is 2.21. The molecule has 0 N–H and O–H groups in total. The summed E-state index contributed by atoms with van der Waals surface area (Å²) in [6.07, 6.45) is 0. The molecule has 0 amide bonds. The zero-order valence-electron chi connectivity index (χ0n) is 39.3. The van der Waals surface area contributed by atoms with Crippen molar-refractivity contribution >= 4 is 75.3 Å². The fourth-order valence-corrected chi connectivity index (χ4v) is 10.1. The molecule has 63 heavy (non-hydrogen) atoms. The van der Waals surface area contributed by atoms with Crippen molar-refractivity contribution in [3.63, 3.8) is 0 Å². The van der Waals surface area contributed by atoms with Crippen LogP contribution in [0.2, 0.25) is 0 Å². The number of fused-ring (bicyclic) bond motifs is 9. The first-order valence-electron chi connectivity index (χ1n) is 23.6. The van der Waals surface area contributed by atoms with Gasteiger partial charge in [-0.2, -0.15) is 0 Å². The molecule has 0 spiro atoms. The molecule has 6 heteroatoms. The van der Waals surface area contributed by atoms with Gasteiger partial charge in [-0.25, -0.2) is 15.0 Å². The second kappa shape index (κ2) is 14.2. The number of hydrogen-bond donors (Lipinski definition) is 0. The molecule has 294 valence electrons. The van der Waals surface area contributed by atoms with Gasteiger partial charge in [0.05, 0.1) is 24.9 Å². The number of benzene rings is 9. The van der Waals surface area contributed by atoms with Gasteiger partial charge in [0.1, 0.15) is 11.2 Å². The molecule has 13 aromatic rings. The van der Waals surface area contributed by atoms with E-state index in [4.69, 9.17) is 24.9 Å². The molecule has 0 saturated carbocycles. The molecule has 0 aliphatic rings. The molecule has 0 radical (unpaired) electrons. The minimum Gasteiger partial charge on any atom is -0.455 e. The maximum absolute atomic E-state index is 9.23. The van der Waals surface area contributed by atoms with Crippen LogP contribution < -0.4 is 0 Å². The average molecular weight is 829 g/mol. The van der Waals surface area contributed by atoms with Crippen LogP contribution in [-0.2, 0) is 0 Å². The van der Waals surface area contributed by atoms with Crippen molar-refractivity contribution in [1.29, 1.82) is 0 Å². The molecule has 0 aliphatic carbocycles. The Morgan fingerprint density at radius 2 is 0.968 bits per heavy atom. The first-order valence-corrected chi connectivity index (χ1v) is 21.4. The minimum atomic E-state index is -0.163. The van der Waals surface area contributed by atoms with E-state index in [1.807, 2.05) is 115 Å². The molecule has 0 bridgehead atoms. The molecule has 13 rings (SSSR count). The van der Waals surface area contributed by atoms with Crippen molar-refractivity contribution in [2.75, 3.05) is 0 Å². The fraction of sp³-hybridized carbons (Fsp3) is 0. The van der Waals surface area contributed by atoms with Gasteiger partial charge >= 0.3 is 0 Å². The van der Waals surface area contributed by atoms with Crippen LogP contribution in [-0.4, -0.2) is 19.5 Å². The van der Waals surface area contributed by atoms with Crippen LogP contribution in [0.1, 0.15) is 8.22 Å². The van der Waals surface area contributed by atoms with Crippen molar-refractivity contribution in [1.82, 2.24) is 19.5 Å². The van der Waals surface area contributed by atoms with E-state index in [1.54, 1.807) is 15.9 Å². The van der Waals surface area contributed by atoms with E-state index in [0.717, 1.165) is 75.5 Å². The van der Waals surface area contributed by atoms with Crippen LogP contribution in [0.3, 0.4) is 0 Å². The van der Waals surface area contributed by atoms with Crippen LogP contribution >= 0.6 is 11.3 Å². The van der Waals surface area contributed by atoms with E-state index in [2.05, 4.69) is 42.5 Å². The third kappa shape index (κ3) is 5.80. The largest absolute Gasteiger partial charge is 0.455 e. The van der Waals surface area contributed by atoms with E-state index in [0.29, 0.717) is 39.8 Å². The quantitative estimate of drug-likeness (QED) is 0.168. The van der Waals surface area contributed by atoms with Crippen LogP contribution in [0.15, 0.2) is 211 Å². The SMILES string of the molecule is [2H]c1cc([2H])c2c(c1[2H])c1c([2H])c([2H])cc([2H])c1n2-c1ccc(-c2ccc3c(c2)sc2cc(-c4nc(-c5ccccc5)nc(-c5ccccc5)n4)ccc23)cc1-c1cccc2c1oc1ccccc12. The van der Waals surface area contributed by atoms with E-state index in [-0.39, 0.29) is 47.0 Å². The minimum absolute atomic E-state index is 0.0216. The fourth-order valence-electron chi connectivity index (χ4n) is 8.87. The molecule has 0 aliphatic heterocycles. The van der Waals surface area contributed by atoms with Gasteiger partial charge in [0.15, 0.2) is 17.5 Å². The molecule has 4 heterocycles. The summed E-state index contributed by atoms with van der Waals surface area (Å²) in [5, 5.41) is 4.55. The van der Waals surface area contributed by atoms with Crippen LogP contribution in [0, 0.1) is 0 Å². The summed E-state index contributed by atoms with van der Waals surface area (Å²) in [6.45, 7) is 0. The summed E-state index contributed by atoms with van der Waals surface area (Å²) >= 11 is 1.70. The Labute approximate surface area is 374 Å². The van der Waals surface area contributed by atoms with Crippen LogP contribution in [0.4, 0.5) is 0 Å². The van der Waals surface area contributed by atoms with Gasteiger partial charge in [-0.1, -0.05) is 164 Å². The zero-order chi connectivity index (χ0) is 46.7. The van der Waals surface area contributed by atoms with Crippen molar-refractivity contribution in [3.05, 3.63) is 206 Å². The summed E-state index contributed by atoms with van der Waals surface area (Å²) in [7, 11) is 0. The van der Waals surface area contributed by atoms with Gasteiger partial charge in [-0.3, -0.25) is 0 Å². The second-order valence-electron chi connectivity index (χ2n) is 15.5. The molecule has 0 saturated heterocycles. The molecule has 0 fully saturated rings. The Morgan fingerprint density at radius 1 is 0.413 bits per heavy atom. The molecule has 0 unspecified atom stereocenters. The van der Waals surface area contributed by atoms with Gasteiger partial charge in [-0.15, -0.1) is 11.3 Å². The van der Waals surface area contributed by atoms with Gasteiger partial charge in [0.25, 0.3) is 0 Å². The van der Waals surface area contributed by atoms with Crippen molar-refractivity contribution in [2.45, 2.75) is 0 Å². The topological polar surface area (TPSA) is 56.7 Å². The number of hydrogen-bond acceptors (Lipinski definition) is 5. The predicted molar refractivity (Wildman–Crippen MR) is 262 cm³/mol. The molecular formula is C57H34N4OS. The Morgan fingerprint density at radius 3 is 1.65 bits per heavy atom. The van der Waals surface area contributed by atoms with Crippen molar-refractivity contribution < 1.29 is 12.6 Å². The van der Waals surface area contributed by atoms with Gasteiger partial charge < -0.3 is 8.98 Å². The first-order chi connectivity index (χ1) is 33.7. The van der Waals surface area contributed by atoms with E-state index in [9.17, 15) is 2.74 Å². The lowest BCUT2D eigenvalue weighted by molar-refractivity contribution is 0.670. The maximum Gasteiger partial charge on any atom is 0.164 e. The number of thiophene rings is 1. The van der Waals surface area contributed by atoms with Gasteiger partial charge in [0.2, 0.25) is 0 Å². The van der Waals surface area contributed by atoms with Gasteiger partial charge in [-0.05, 0) is 53.5 Å². The second-order valence-corrected chi connectivity index (χ2v) is 16.6. The molecular weight excluding hydrogens is 789 g/mol. The summed E-state index contributed by atoms with van der Waals surface area (Å²) in [5.41, 5.74) is 8.69. The lowest BCUT2D eigenvalue weighted by Crippen LogP contribution is -1.99. The zero-order valence-corrected chi connectivity index (χ0v) is 34.1. The maximum atomic E-state index is 9.23.